The largest absolute Gasteiger partial charge is 0.378 e. The van der Waals surface area contributed by atoms with Crippen LogP contribution in [-0.4, -0.2) is 50.0 Å². The Labute approximate surface area is 121 Å². The van der Waals surface area contributed by atoms with Gasteiger partial charge in [0.05, 0.1) is 18.8 Å². The standard InChI is InChI=1S/C15H28N2O3/c1-3-15(4-2)10-12(5-7-20-15)17-14(18)9-13-11-19-8-6-16-13/h12-13,16H,3-11H2,1-2H3,(H,17,18). The molecule has 116 valence electrons. The molecule has 0 aliphatic carbocycles. The minimum atomic E-state index is -0.0393. The van der Waals surface area contributed by atoms with E-state index in [4.69, 9.17) is 9.47 Å². The molecule has 2 aliphatic rings. The normalized spacial score (nSPS) is 29.9. The first-order chi connectivity index (χ1) is 9.67. The summed E-state index contributed by atoms with van der Waals surface area (Å²) in [5.74, 6) is 0.126. The van der Waals surface area contributed by atoms with Gasteiger partial charge in [-0.3, -0.25) is 4.79 Å². The first kappa shape index (κ1) is 15.7. The molecule has 2 N–H and O–H groups in total. The third-order valence-electron chi connectivity index (χ3n) is 4.58. The van der Waals surface area contributed by atoms with Crippen LogP contribution >= 0.6 is 0 Å². The van der Waals surface area contributed by atoms with Crippen molar-refractivity contribution in [2.75, 3.05) is 26.4 Å². The summed E-state index contributed by atoms with van der Waals surface area (Å²) in [6.45, 7) is 7.29. The third kappa shape index (κ3) is 4.17. The molecule has 0 aromatic rings. The van der Waals surface area contributed by atoms with E-state index < -0.39 is 0 Å². The van der Waals surface area contributed by atoms with Crippen LogP contribution in [0.5, 0.6) is 0 Å². The van der Waals surface area contributed by atoms with Crippen LogP contribution in [0, 0.1) is 0 Å². The van der Waals surface area contributed by atoms with Crippen molar-refractivity contribution in [3.05, 3.63) is 0 Å². The van der Waals surface area contributed by atoms with Crippen LogP contribution in [0.25, 0.3) is 0 Å². The zero-order valence-electron chi connectivity index (χ0n) is 12.7. The number of ether oxygens (including phenoxy) is 2. The molecule has 0 aromatic carbocycles. The first-order valence-corrected chi connectivity index (χ1v) is 7.92. The summed E-state index contributed by atoms with van der Waals surface area (Å²) in [7, 11) is 0. The molecule has 0 spiro atoms. The van der Waals surface area contributed by atoms with E-state index in [2.05, 4.69) is 24.5 Å². The number of rotatable bonds is 5. The maximum Gasteiger partial charge on any atom is 0.221 e. The van der Waals surface area contributed by atoms with Gasteiger partial charge in [-0.05, 0) is 25.7 Å². The monoisotopic (exact) mass is 284 g/mol. The summed E-state index contributed by atoms with van der Waals surface area (Å²) in [5.41, 5.74) is -0.0393. The Morgan fingerprint density at radius 2 is 2.15 bits per heavy atom. The summed E-state index contributed by atoms with van der Waals surface area (Å²) in [5, 5.41) is 6.49. The number of carbonyl (C=O) groups is 1. The van der Waals surface area contributed by atoms with Crippen LogP contribution in [0.3, 0.4) is 0 Å². The highest BCUT2D eigenvalue weighted by atomic mass is 16.5. The van der Waals surface area contributed by atoms with E-state index in [1.54, 1.807) is 0 Å². The number of amides is 1. The molecule has 0 saturated carbocycles. The molecule has 5 nitrogen and oxygen atoms in total. The van der Waals surface area contributed by atoms with E-state index in [0.717, 1.165) is 45.4 Å². The number of hydrogen-bond acceptors (Lipinski definition) is 4. The lowest BCUT2D eigenvalue weighted by Gasteiger charge is -2.40. The van der Waals surface area contributed by atoms with Gasteiger partial charge in [-0.2, -0.15) is 0 Å². The maximum atomic E-state index is 12.1. The molecule has 2 saturated heterocycles. The van der Waals surface area contributed by atoms with Crippen molar-refractivity contribution in [1.82, 2.24) is 10.6 Å². The van der Waals surface area contributed by atoms with Gasteiger partial charge in [0.25, 0.3) is 0 Å². The predicted octanol–water partition coefficient (Wildman–Crippen LogP) is 1.22. The maximum absolute atomic E-state index is 12.1. The topological polar surface area (TPSA) is 59.6 Å². The smallest absolute Gasteiger partial charge is 0.221 e. The van der Waals surface area contributed by atoms with Gasteiger partial charge in [0.2, 0.25) is 5.91 Å². The van der Waals surface area contributed by atoms with Crippen LogP contribution in [0.4, 0.5) is 0 Å². The Morgan fingerprint density at radius 1 is 1.35 bits per heavy atom. The Balaban J connectivity index is 1.78. The zero-order valence-corrected chi connectivity index (χ0v) is 12.7. The number of carbonyl (C=O) groups excluding carboxylic acids is 1. The molecule has 2 heterocycles. The number of morpholine rings is 1. The van der Waals surface area contributed by atoms with Crippen LogP contribution in [0.2, 0.25) is 0 Å². The number of nitrogens with one attached hydrogen (secondary N) is 2. The van der Waals surface area contributed by atoms with Gasteiger partial charge in [-0.25, -0.2) is 0 Å². The van der Waals surface area contributed by atoms with Crippen molar-refractivity contribution in [3.63, 3.8) is 0 Å². The number of hydrogen-bond donors (Lipinski definition) is 2. The second-order valence-electron chi connectivity index (χ2n) is 5.93. The molecule has 20 heavy (non-hydrogen) atoms. The average molecular weight is 284 g/mol. The van der Waals surface area contributed by atoms with Crippen molar-refractivity contribution < 1.29 is 14.3 Å². The Morgan fingerprint density at radius 3 is 2.80 bits per heavy atom. The van der Waals surface area contributed by atoms with E-state index in [1.165, 1.54) is 0 Å². The van der Waals surface area contributed by atoms with E-state index in [9.17, 15) is 4.79 Å². The molecule has 0 aromatic heterocycles. The zero-order chi connectivity index (χ0) is 14.4. The Bertz CT molecular complexity index is 312. The fourth-order valence-corrected chi connectivity index (χ4v) is 3.15. The minimum absolute atomic E-state index is 0.0393. The van der Waals surface area contributed by atoms with E-state index in [1.807, 2.05) is 0 Å². The summed E-state index contributed by atoms with van der Waals surface area (Å²) >= 11 is 0. The molecule has 1 amide bonds. The van der Waals surface area contributed by atoms with E-state index >= 15 is 0 Å². The lowest BCUT2D eigenvalue weighted by atomic mass is 9.86. The fourth-order valence-electron chi connectivity index (χ4n) is 3.15. The summed E-state index contributed by atoms with van der Waals surface area (Å²) in [6, 6.07) is 0.409. The van der Waals surface area contributed by atoms with Crippen LogP contribution in [0.1, 0.15) is 46.0 Å². The molecule has 2 aliphatic heterocycles. The SMILES string of the molecule is CCC1(CC)CC(NC(=O)CC2COCCN2)CCO1. The second kappa shape index (κ2) is 7.38. The van der Waals surface area contributed by atoms with Crippen molar-refractivity contribution in [3.8, 4) is 0 Å². The second-order valence-corrected chi connectivity index (χ2v) is 5.93. The third-order valence-corrected chi connectivity index (χ3v) is 4.58. The summed E-state index contributed by atoms with van der Waals surface area (Å²) in [6.07, 6.45) is 4.37. The fraction of sp³-hybridized carbons (Fsp3) is 0.933. The lowest BCUT2D eigenvalue weighted by molar-refractivity contribution is -0.127. The van der Waals surface area contributed by atoms with Gasteiger partial charge in [0.15, 0.2) is 0 Å². The van der Waals surface area contributed by atoms with Crippen LogP contribution in [-0.2, 0) is 14.3 Å². The van der Waals surface area contributed by atoms with Gasteiger partial charge >= 0.3 is 0 Å². The van der Waals surface area contributed by atoms with Crippen molar-refractivity contribution in [2.24, 2.45) is 0 Å². The molecule has 0 bridgehead atoms. The first-order valence-electron chi connectivity index (χ1n) is 7.92. The van der Waals surface area contributed by atoms with Crippen molar-refractivity contribution in [2.45, 2.75) is 63.6 Å². The molecular formula is C15H28N2O3. The lowest BCUT2D eigenvalue weighted by Crippen LogP contribution is -2.50. The average Bonchev–Trinajstić information content (AvgIpc) is 2.48. The van der Waals surface area contributed by atoms with Crippen molar-refractivity contribution >= 4 is 5.91 Å². The molecule has 2 unspecified atom stereocenters. The summed E-state index contributed by atoms with van der Waals surface area (Å²) in [4.78, 5) is 12.1. The van der Waals surface area contributed by atoms with Gasteiger partial charge in [-0.15, -0.1) is 0 Å². The highest BCUT2D eigenvalue weighted by Gasteiger charge is 2.35. The minimum Gasteiger partial charge on any atom is -0.378 e. The Hall–Kier alpha value is -0.650. The van der Waals surface area contributed by atoms with Gasteiger partial charge in [-0.1, -0.05) is 13.8 Å². The van der Waals surface area contributed by atoms with Gasteiger partial charge in [0.1, 0.15) is 0 Å². The highest BCUT2D eigenvalue weighted by Crippen LogP contribution is 2.31. The predicted molar refractivity (Wildman–Crippen MR) is 77.7 cm³/mol. The molecule has 2 fully saturated rings. The van der Waals surface area contributed by atoms with Crippen molar-refractivity contribution in [1.29, 1.82) is 0 Å². The van der Waals surface area contributed by atoms with Crippen LogP contribution in [0.15, 0.2) is 0 Å². The molecule has 2 rings (SSSR count). The van der Waals surface area contributed by atoms with Gasteiger partial charge < -0.3 is 20.1 Å². The van der Waals surface area contributed by atoms with Gasteiger partial charge in [0, 0.05) is 31.7 Å². The molecular weight excluding hydrogens is 256 g/mol. The quantitative estimate of drug-likeness (QED) is 0.797. The van der Waals surface area contributed by atoms with E-state index in [0.29, 0.717) is 13.0 Å². The molecule has 2 atom stereocenters. The Kier molecular flexibility index (Phi) is 5.81. The molecule has 5 heteroatoms. The van der Waals surface area contributed by atoms with Crippen LogP contribution < -0.4 is 10.6 Å². The summed E-state index contributed by atoms with van der Waals surface area (Å²) < 4.78 is 11.3. The molecule has 0 radical (unpaired) electrons. The highest BCUT2D eigenvalue weighted by molar-refractivity contribution is 5.77. The van der Waals surface area contributed by atoms with E-state index in [-0.39, 0.29) is 23.6 Å².